The van der Waals surface area contributed by atoms with E-state index in [4.69, 9.17) is 0 Å². The summed E-state index contributed by atoms with van der Waals surface area (Å²) in [4.78, 5) is 11.7. The lowest BCUT2D eigenvalue weighted by molar-refractivity contribution is 0.241. The van der Waals surface area contributed by atoms with E-state index in [1.54, 1.807) is 9.84 Å². The third-order valence-corrected chi connectivity index (χ3v) is 7.65. The second-order valence-corrected chi connectivity index (χ2v) is 9.07. The number of fused-ring (bicyclic) bond motifs is 1. The van der Waals surface area contributed by atoms with Crippen LogP contribution in [-0.4, -0.2) is 29.3 Å². The van der Waals surface area contributed by atoms with Crippen molar-refractivity contribution in [2.75, 3.05) is 11.0 Å². The molecule has 0 fully saturated rings. The predicted molar refractivity (Wildman–Crippen MR) is 98.5 cm³/mol. The van der Waals surface area contributed by atoms with E-state index in [9.17, 15) is 0 Å². The molecule has 0 amide bonds. The Hall–Kier alpha value is -1.14. The molecular formula is C18H20IN3. The van der Waals surface area contributed by atoms with Gasteiger partial charge in [0.25, 0.3) is 0 Å². The maximum atomic E-state index is 4.64. The van der Waals surface area contributed by atoms with Crippen LogP contribution in [0.15, 0.2) is 36.7 Å². The highest BCUT2D eigenvalue weighted by atomic mass is 127. The Bertz CT molecular complexity index is 697. The number of nitrogens with zero attached hydrogens (tertiary/aromatic N) is 3. The maximum Gasteiger partial charge on any atom is 0.116 e. The molecule has 22 heavy (non-hydrogen) atoms. The van der Waals surface area contributed by atoms with Crippen LogP contribution in [0.2, 0.25) is 0 Å². The van der Waals surface area contributed by atoms with Gasteiger partial charge in [0.2, 0.25) is 0 Å². The zero-order valence-electron chi connectivity index (χ0n) is 12.6. The minimum Gasteiger partial charge on any atom is -0.293 e. The van der Waals surface area contributed by atoms with Gasteiger partial charge in [-0.1, -0.05) is 30.3 Å². The van der Waals surface area contributed by atoms with Gasteiger partial charge >= 0.3 is 0 Å². The van der Waals surface area contributed by atoms with Gasteiger partial charge in [-0.2, -0.15) is 0 Å². The average molecular weight is 405 g/mol. The van der Waals surface area contributed by atoms with E-state index in [1.165, 1.54) is 39.8 Å². The molecule has 0 N–H and O–H groups in total. The highest BCUT2D eigenvalue weighted by Gasteiger charge is 2.23. The van der Waals surface area contributed by atoms with Crippen molar-refractivity contribution in [1.29, 1.82) is 0 Å². The zero-order valence-corrected chi connectivity index (χ0v) is 14.8. The van der Waals surface area contributed by atoms with Crippen molar-refractivity contribution in [3.05, 3.63) is 59.2 Å². The van der Waals surface area contributed by atoms with Crippen LogP contribution in [-0.2, 0) is 19.5 Å². The van der Waals surface area contributed by atoms with Gasteiger partial charge in [-0.15, -0.1) is 20.7 Å². The zero-order chi connectivity index (χ0) is 14.8. The number of rotatable bonds is 3. The van der Waals surface area contributed by atoms with Gasteiger partial charge in [0.1, 0.15) is 6.33 Å². The molecule has 4 heteroatoms. The number of aromatic nitrogens is 2. The molecule has 2 aliphatic heterocycles. The fraction of sp³-hybridized carbons (Fsp3) is 0.389. The first-order valence-corrected chi connectivity index (χ1v) is 10.5. The van der Waals surface area contributed by atoms with E-state index in [2.05, 4.69) is 45.2 Å². The summed E-state index contributed by atoms with van der Waals surface area (Å²) in [5, 5.41) is 0. The molecule has 3 heterocycles. The van der Waals surface area contributed by atoms with E-state index in [1.807, 2.05) is 0 Å². The van der Waals surface area contributed by atoms with Crippen LogP contribution >= 0.6 is 20.7 Å². The quantitative estimate of drug-likeness (QED) is 0.580. The fourth-order valence-electron chi connectivity index (χ4n) is 3.27. The summed E-state index contributed by atoms with van der Waals surface area (Å²) in [6, 6.07) is 10.7. The normalized spacial score (nSPS) is 18.5. The van der Waals surface area contributed by atoms with Gasteiger partial charge in [-0.05, 0) is 29.3 Å². The lowest BCUT2D eigenvalue weighted by Gasteiger charge is -2.29. The first-order valence-electron chi connectivity index (χ1n) is 7.94. The van der Waals surface area contributed by atoms with Crippen LogP contribution in [0.25, 0.3) is 0 Å². The van der Waals surface area contributed by atoms with E-state index in [-0.39, 0.29) is 20.7 Å². The second kappa shape index (κ2) is 6.54. The summed E-state index contributed by atoms with van der Waals surface area (Å²) < 4.78 is 3.11. The number of hydrogen-bond donors (Lipinski definition) is 0. The number of benzene rings is 1. The Kier molecular flexibility index (Phi) is 4.30. The van der Waals surface area contributed by atoms with Gasteiger partial charge < -0.3 is 0 Å². The molecule has 0 bridgehead atoms. The topological polar surface area (TPSA) is 29.0 Å². The standard InChI is InChI=1S/C18H20IN3/c1-2-5-14(6-3-1)11-22-10-8-15-17(12-22)20-13-21-18(15)16-7-4-9-19-16/h1-3,5-6,13H,4,7-12H2. The monoisotopic (exact) mass is 405 g/mol. The van der Waals surface area contributed by atoms with Crippen molar-refractivity contribution in [3.8, 4) is 0 Å². The number of alkyl halides is 1. The molecule has 0 unspecified atom stereocenters. The summed E-state index contributed by atoms with van der Waals surface area (Å²) in [6.07, 6.45) is 5.55. The Morgan fingerprint density at radius 3 is 2.82 bits per heavy atom. The molecule has 3 nitrogen and oxygen atoms in total. The van der Waals surface area contributed by atoms with E-state index in [0.29, 0.717) is 0 Å². The lowest BCUT2D eigenvalue weighted by Crippen LogP contribution is -2.32. The average Bonchev–Trinajstić information content (AvgIpc) is 3.09. The molecule has 0 radical (unpaired) electrons. The molecule has 0 atom stereocenters. The van der Waals surface area contributed by atoms with E-state index < -0.39 is 0 Å². The Morgan fingerprint density at radius 2 is 2.00 bits per heavy atom. The SMILES string of the molecule is c1ccc(CN2CCc3c(ncnc3C3=ICCC3)C2)cc1. The minimum absolute atomic E-state index is 0.242. The Morgan fingerprint density at radius 1 is 1.09 bits per heavy atom. The van der Waals surface area contributed by atoms with Crippen molar-refractivity contribution < 1.29 is 0 Å². The maximum absolute atomic E-state index is 4.64. The molecule has 1 aromatic carbocycles. The highest BCUT2D eigenvalue weighted by Crippen LogP contribution is 2.27. The Balaban J connectivity index is 1.55. The van der Waals surface area contributed by atoms with Crippen molar-refractivity contribution in [3.63, 3.8) is 0 Å². The summed E-state index contributed by atoms with van der Waals surface area (Å²) in [5.74, 6) is 0. The highest BCUT2D eigenvalue weighted by molar-refractivity contribution is 14.2. The fourth-order valence-corrected chi connectivity index (χ4v) is 6.27. The minimum atomic E-state index is 0.242. The van der Waals surface area contributed by atoms with Crippen LogP contribution in [0.5, 0.6) is 0 Å². The van der Waals surface area contributed by atoms with Gasteiger partial charge in [0.05, 0.1) is 11.4 Å². The van der Waals surface area contributed by atoms with Gasteiger partial charge in [0.15, 0.2) is 0 Å². The van der Waals surface area contributed by atoms with Gasteiger partial charge in [-0.25, -0.2) is 9.97 Å². The smallest absolute Gasteiger partial charge is 0.116 e. The molecule has 0 saturated heterocycles. The summed E-state index contributed by atoms with van der Waals surface area (Å²) >= 11 is 0.242. The molecule has 2 aromatic rings. The lowest BCUT2D eigenvalue weighted by atomic mass is 9.99. The molecule has 1 aromatic heterocycles. The molecule has 0 spiro atoms. The van der Waals surface area contributed by atoms with Crippen molar-refractivity contribution in [2.24, 2.45) is 0 Å². The molecule has 4 rings (SSSR count). The molecule has 0 aliphatic carbocycles. The van der Waals surface area contributed by atoms with Crippen LogP contribution in [0.1, 0.15) is 35.4 Å². The van der Waals surface area contributed by atoms with Gasteiger partial charge in [0, 0.05) is 28.7 Å². The Labute approximate surface area is 141 Å². The van der Waals surface area contributed by atoms with Crippen LogP contribution < -0.4 is 0 Å². The van der Waals surface area contributed by atoms with Crippen molar-refractivity contribution in [2.45, 2.75) is 32.4 Å². The van der Waals surface area contributed by atoms with E-state index in [0.717, 1.165) is 26.1 Å². The molecule has 2 aliphatic rings. The van der Waals surface area contributed by atoms with Gasteiger partial charge in [-0.3, -0.25) is 4.90 Å². The third-order valence-electron chi connectivity index (χ3n) is 4.38. The first kappa shape index (κ1) is 14.5. The largest absolute Gasteiger partial charge is 0.293 e. The summed E-state index contributed by atoms with van der Waals surface area (Å²) in [6.45, 7) is 3.10. The van der Waals surface area contributed by atoms with Crippen LogP contribution in [0.3, 0.4) is 0 Å². The number of halogens is 1. The third kappa shape index (κ3) is 2.99. The molecule has 0 saturated carbocycles. The van der Waals surface area contributed by atoms with E-state index >= 15 is 0 Å². The first-order chi connectivity index (χ1) is 10.9. The van der Waals surface area contributed by atoms with Crippen molar-refractivity contribution >= 4 is 24.2 Å². The summed E-state index contributed by atoms with van der Waals surface area (Å²) in [5.41, 5.74) is 5.42. The molecular weight excluding hydrogens is 385 g/mol. The molecule has 114 valence electrons. The second-order valence-electron chi connectivity index (χ2n) is 5.92. The van der Waals surface area contributed by atoms with Crippen LogP contribution in [0, 0.1) is 0 Å². The predicted octanol–water partition coefficient (Wildman–Crippen LogP) is 3.32. The van der Waals surface area contributed by atoms with Crippen LogP contribution in [0.4, 0.5) is 0 Å². The summed E-state index contributed by atoms with van der Waals surface area (Å²) in [7, 11) is 0. The van der Waals surface area contributed by atoms with Crippen molar-refractivity contribution in [1.82, 2.24) is 14.9 Å². The number of hydrogen-bond acceptors (Lipinski definition) is 3.